The third-order valence-electron chi connectivity index (χ3n) is 2.68. The van der Waals surface area contributed by atoms with Crippen molar-refractivity contribution in [2.24, 2.45) is 0 Å². The van der Waals surface area contributed by atoms with Gasteiger partial charge in [0.05, 0.1) is 0 Å². The smallest absolute Gasteiger partial charge is 0.0184 e. The Hall–Kier alpha value is -1.56. The maximum absolute atomic E-state index is 2.22. The minimum absolute atomic E-state index is 0.606. The van der Waals surface area contributed by atoms with Crippen LogP contribution in [-0.4, -0.2) is 0 Å². The molecule has 132 valence electrons. The van der Waals surface area contributed by atoms with Crippen molar-refractivity contribution in [3.63, 3.8) is 0 Å². The molecule has 0 aliphatic carbocycles. The molecule has 23 heavy (non-hydrogen) atoms. The van der Waals surface area contributed by atoms with Crippen LogP contribution in [0.2, 0.25) is 0 Å². The number of hydrogen-bond acceptors (Lipinski definition) is 0. The summed E-state index contributed by atoms with van der Waals surface area (Å²) in [5.41, 5.74) is 3.97. The molecule has 2 aromatic rings. The van der Waals surface area contributed by atoms with Gasteiger partial charge in [-0.15, -0.1) is 0 Å². The topological polar surface area (TPSA) is 0 Å². The molecule has 0 saturated carbocycles. The molecule has 0 atom stereocenters. The molecule has 0 saturated heterocycles. The molecule has 2 rings (SSSR count). The standard InChI is InChI=1S/C15H16.4C2H6/c1-12(2)13-8-10-15(11-9-13)14-6-4-3-5-7-14;4*1-2/h3-12H,1-2H3;4*1-2H3. The Morgan fingerprint density at radius 1 is 0.478 bits per heavy atom. The molecular formula is C23H40. The molecule has 0 heterocycles. The molecule has 0 spiro atoms. The van der Waals surface area contributed by atoms with Crippen molar-refractivity contribution in [2.75, 3.05) is 0 Å². The Balaban J connectivity index is -0.000000438. The number of rotatable bonds is 2. The largest absolute Gasteiger partial charge is 0.0683 e. The Kier molecular flexibility index (Phi) is 23.4. The zero-order valence-electron chi connectivity index (χ0n) is 17.3. The molecule has 0 unspecified atom stereocenters. The molecule has 0 nitrogen and oxygen atoms in total. The van der Waals surface area contributed by atoms with E-state index < -0.39 is 0 Å². The van der Waals surface area contributed by atoms with E-state index in [1.54, 1.807) is 0 Å². The van der Waals surface area contributed by atoms with Gasteiger partial charge in [-0.3, -0.25) is 0 Å². The summed E-state index contributed by atoms with van der Waals surface area (Å²) in [5.74, 6) is 0.606. The minimum Gasteiger partial charge on any atom is -0.0683 e. The predicted molar refractivity (Wildman–Crippen MR) is 111 cm³/mol. The first-order chi connectivity index (χ1) is 11.3. The van der Waals surface area contributed by atoms with Crippen LogP contribution in [0.25, 0.3) is 11.1 Å². The van der Waals surface area contributed by atoms with Gasteiger partial charge in [-0.05, 0) is 22.6 Å². The van der Waals surface area contributed by atoms with E-state index in [2.05, 4.69) is 62.4 Å². The molecular weight excluding hydrogens is 276 g/mol. The average molecular weight is 317 g/mol. The maximum atomic E-state index is 2.22. The van der Waals surface area contributed by atoms with Crippen molar-refractivity contribution in [1.29, 1.82) is 0 Å². The fourth-order valence-corrected chi connectivity index (χ4v) is 1.69. The molecule has 0 heteroatoms. The van der Waals surface area contributed by atoms with Crippen LogP contribution in [0.3, 0.4) is 0 Å². The van der Waals surface area contributed by atoms with Crippen molar-refractivity contribution in [2.45, 2.75) is 75.2 Å². The summed E-state index contributed by atoms with van der Waals surface area (Å²) in [6, 6.07) is 19.3. The van der Waals surface area contributed by atoms with E-state index in [0.29, 0.717) is 5.92 Å². The van der Waals surface area contributed by atoms with Crippen LogP contribution in [0.15, 0.2) is 54.6 Å². The molecule has 2 aromatic carbocycles. The zero-order valence-corrected chi connectivity index (χ0v) is 17.3. The third-order valence-corrected chi connectivity index (χ3v) is 2.68. The predicted octanol–water partition coefficient (Wildman–Crippen LogP) is 8.58. The molecule has 0 aliphatic rings. The molecule has 0 fully saturated rings. The Labute approximate surface area is 147 Å². The first-order valence-electron chi connectivity index (χ1n) is 9.43. The summed E-state index contributed by atoms with van der Waals surface area (Å²) in [6.45, 7) is 20.4. The van der Waals surface area contributed by atoms with E-state index in [0.717, 1.165) is 0 Å². The first-order valence-corrected chi connectivity index (χ1v) is 9.43. The third kappa shape index (κ3) is 11.6. The lowest BCUT2D eigenvalue weighted by molar-refractivity contribution is 0.867. The quantitative estimate of drug-likeness (QED) is 0.520. The van der Waals surface area contributed by atoms with Crippen LogP contribution in [0.4, 0.5) is 0 Å². The van der Waals surface area contributed by atoms with Gasteiger partial charge >= 0.3 is 0 Å². The Morgan fingerprint density at radius 3 is 1.17 bits per heavy atom. The lowest BCUT2D eigenvalue weighted by atomic mass is 9.99. The second-order valence-corrected chi connectivity index (χ2v) is 4.14. The number of hydrogen-bond donors (Lipinski definition) is 0. The molecule has 0 amide bonds. The Bertz CT molecular complexity index is 410. The lowest BCUT2D eigenvalue weighted by Crippen LogP contribution is -1.86. The van der Waals surface area contributed by atoms with Crippen LogP contribution in [0.1, 0.15) is 80.7 Å². The van der Waals surface area contributed by atoms with E-state index in [-0.39, 0.29) is 0 Å². The monoisotopic (exact) mass is 316 g/mol. The van der Waals surface area contributed by atoms with Crippen LogP contribution < -0.4 is 0 Å². The van der Waals surface area contributed by atoms with Crippen molar-refractivity contribution >= 4 is 0 Å². The van der Waals surface area contributed by atoms with Gasteiger partial charge in [0.1, 0.15) is 0 Å². The summed E-state index contributed by atoms with van der Waals surface area (Å²) >= 11 is 0. The highest BCUT2D eigenvalue weighted by Crippen LogP contribution is 2.22. The van der Waals surface area contributed by atoms with Gasteiger partial charge in [-0.25, -0.2) is 0 Å². The molecule has 0 aromatic heterocycles. The molecule has 0 radical (unpaired) electrons. The fraction of sp³-hybridized carbons (Fsp3) is 0.478. The van der Waals surface area contributed by atoms with Gasteiger partial charge in [-0.1, -0.05) is 124 Å². The summed E-state index contributed by atoms with van der Waals surface area (Å²) in [5, 5.41) is 0. The molecule has 0 bridgehead atoms. The average Bonchev–Trinajstić information content (AvgIpc) is 2.69. The van der Waals surface area contributed by atoms with Gasteiger partial charge < -0.3 is 0 Å². The van der Waals surface area contributed by atoms with E-state index in [9.17, 15) is 0 Å². The van der Waals surface area contributed by atoms with Gasteiger partial charge in [0.15, 0.2) is 0 Å². The van der Waals surface area contributed by atoms with Gasteiger partial charge in [0.25, 0.3) is 0 Å². The van der Waals surface area contributed by atoms with Gasteiger partial charge in [0, 0.05) is 0 Å². The van der Waals surface area contributed by atoms with E-state index in [1.807, 2.05) is 61.5 Å². The summed E-state index contributed by atoms with van der Waals surface area (Å²) < 4.78 is 0. The Morgan fingerprint density at radius 2 is 0.826 bits per heavy atom. The highest BCUT2D eigenvalue weighted by Gasteiger charge is 1.99. The van der Waals surface area contributed by atoms with Crippen LogP contribution in [0.5, 0.6) is 0 Å². The highest BCUT2D eigenvalue weighted by molar-refractivity contribution is 5.63. The first kappa shape index (κ1) is 26.3. The SMILES string of the molecule is CC.CC.CC.CC.CC(C)c1ccc(-c2ccccc2)cc1. The van der Waals surface area contributed by atoms with Crippen molar-refractivity contribution in [3.8, 4) is 11.1 Å². The van der Waals surface area contributed by atoms with Crippen molar-refractivity contribution in [3.05, 3.63) is 60.2 Å². The summed E-state index contributed by atoms with van der Waals surface area (Å²) in [7, 11) is 0. The van der Waals surface area contributed by atoms with E-state index in [1.165, 1.54) is 16.7 Å². The van der Waals surface area contributed by atoms with Crippen molar-refractivity contribution in [1.82, 2.24) is 0 Å². The van der Waals surface area contributed by atoms with Gasteiger partial charge in [-0.2, -0.15) is 0 Å². The minimum atomic E-state index is 0.606. The maximum Gasteiger partial charge on any atom is -0.0184 e. The zero-order chi connectivity index (χ0) is 18.7. The summed E-state index contributed by atoms with van der Waals surface area (Å²) in [4.78, 5) is 0. The number of benzene rings is 2. The molecule has 0 N–H and O–H groups in total. The van der Waals surface area contributed by atoms with E-state index in [4.69, 9.17) is 0 Å². The van der Waals surface area contributed by atoms with Gasteiger partial charge in [0.2, 0.25) is 0 Å². The van der Waals surface area contributed by atoms with Crippen LogP contribution in [0, 0.1) is 0 Å². The molecule has 0 aliphatic heterocycles. The normalized spacial score (nSPS) is 7.96. The van der Waals surface area contributed by atoms with Crippen molar-refractivity contribution < 1.29 is 0 Å². The lowest BCUT2D eigenvalue weighted by Gasteiger charge is -2.06. The van der Waals surface area contributed by atoms with Crippen LogP contribution in [-0.2, 0) is 0 Å². The van der Waals surface area contributed by atoms with E-state index >= 15 is 0 Å². The second kappa shape index (κ2) is 20.4. The highest BCUT2D eigenvalue weighted by atomic mass is 14.0. The summed E-state index contributed by atoms with van der Waals surface area (Å²) in [6.07, 6.45) is 0. The fourth-order valence-electron chi connectivity index (χ4n) is 1.69. The van der Waals surface area contributed by atoms with Crippen LogP contribution >= 0.6 is 0 Å². The second-order valence-electron chi connectivity index (χ2n) is 4.14.